The summed E-state index contributed by atoms with van der Waals surface area (Å²) in [5.74, 6) is 0. The normalized spacial score (nSPS) is 12.4. The van der Waals surface area contributed by atoms with Crippen LogP contribution in [0, 0.1) is 20.2 Å². The van der Waals surface area contributed by atoms with E-state index in [1.807, 2.05) is 5.43 Å². The van der Waals surface area contributed by atoms with Crippen molar-refractivity contribution in [3.8, 4) is 0 Å². The van der Waals surface area contributed by atoms with Crippen LogP contribution in [0.25, 0.3) is 0 Å². The number of nitro benzene ring substituents is 2. The van der Waals surface area contributed by atoms with E-state index in [4.69, 9.17) is 0 Å². The fraction of sp³-hybridized carbons (Fsp3) is 0.640. The van der Waals surface area contributed by atoms with Crippen molar-refractivity contribution in [1.29, 1.82) is 0 Å². The van der Waals surface area contributed by atoms with Gasteiger partial charge < -0.3 is 18.1 Å². The lowest BCUT2D eigenvalue weighted by atomic mass is 10.1. The molecule has 0 atom stereocenters. The average Bonchev–Trinajstić information content (AvgIpc) is 3.34. The van der Waals surface area contributed by atoms with Crippen LogP contribution in [0.1, 0.15) is 158 Å². The van der Waals surface area contributed by atoms with Crippen molar-refractivity contribution in [2.24, 2.45) is 10.2 Å². The maximum absolute atomic E-state index is 12.7. The number of anilines is 2. The molecule has 0 aliphatic rings. The van der Waals surface area contributed by atoms with Gasteiger partial charge in [0.15, 0.2) is 5.36 Å². The van der Waals surface area contributed by atoms with Crippen LogP contribution in [0.3, 0.4) is 0 Å². The van der Waals surface area contributed by atoms with Crippen LogP contribution in [0.15, 0.2) is 78.1 Å². The molecule has 0 amide bonds. The predicted octanol–water partition coefficient (Wildman–Crippen LogP) is 8.77. The molecule has 3 rings (SSSR count). The zero-order valence-corrected chi connectivity index (χ0v) is 45.6. The highest BCUT2D eigenvalue weighted by Gasteiger charge is 2.26. The van der Waals surface area contributed by atoms with Gasteiger partial charge in [-0.3, -0.25) is 40.7 Å². The Bertz CT molecular complexity index is 2480. The second-order valence-electron chi connectivity index (χ2n) is 18.3. The number of nitro groups is 2. The SMILES string of the molecule is CCCC[N+](CCCC)(CCCC)CCCC.CCCC[N+](CCCC)(CCCC)CCCC.O=c1cc/c(=N\Nc2ccc([N+](=O)[O-])cc2S(=O)(=O)[O-])c(=O)c1=NNc1ccc([N+](=O)[O-])cc1S(=O)(=O)[O-]. The summed E-state index contributed by atoms with van der Waals surface area (Å²) in [6.07, 6.45) is 22.1. The number of hydrogen-bond donors (Lipinski definition) is 2. The quantitative estimate of drug-likeness (QED) is 0.0256. The van der Waals surface area contributed by atoms with Gasteiger partial charge in [0.1, 0.15) is 25.6 Å². The molecule has 22 heteroatoms. The van der Waals surface area contributed by atoms with E-state index in [9.17, 15) is 55.8 Å². The summed E-state index contributed by atoms with van der Waals surface area (Å²) in [4.78, 5) is 42.5. The standard InChI is InChI=1S/C18H12N6O12S2.2C16H36N/c25-14-6-5-13(21-19-11-3-1-9(23(27)28)7-15(11)37(31,32)33)18(26)17(14)22-20-12-4-2-10(24(29)30)8-16(12)38(34,35)36;2*1-5-9-13-17(14-10-6-2,15-11-7-3)16-12-8-4/h1-8,19-20H,(H,31,32,33)(H,34,35,36);2*5-16H2,1-4H3/q;2*+1/p-2/b21-13+,22-17?;;. The van der Waals surface area contributed by atoms with Gasteiger partial charge in [0.05, 0.1) is 83.4 Å². The molecule has 0 saturated heterocycles. The third-order valence-electron chi connectivity index (χ3n) is 12.4. The molecule has 0 aromatic heterocycles. The van der Waals surface area contributed by atoms with Crippen molar-refractivity contribution in [3.63, 3.8) is 0 Å². The van der Waals surface area contributed by atoms with Gasteiger partial charge in [-0.2, -0.15) is 10.2 Å². The molecule has 3 aromatic carbocycles. The molecular formula is C50H82N8O12S2. The average molecular weight is 1050 g/mol. The summed E-state index contributed by atoms with van der Waals surface area (Å²) in [6, 6.07) is 5.90. The molecule has 406 valence electrons. The molecular weight excluding hydrogens is 969 g/mol. The molecule has 0 heterocycles. The summed E-state index contributed by atoms with van der Waals surface area (Å²) in [5.41, 5.74) is -0.703. The highest BCUT2D eigenvalue weighted by molar-refractivity contribution is 7.86. The van der Waals surface area contributed by atoms with E-state index in [-0.39, 0.29) is 0 Å². The molecule has 0 saturated carbocycles. The fourth-order valence-corrected chi connectivity index (χ4v) is 9.41. The number of benzene rings is 3. The van der Waals surface area contributed by atoms with Gasteiger partial charge >= 0.3 is 0 Å². The van der Waals surface area contributed by atoms with E-state index in [1.165, 1.54) is 164 Å². The highest BCUT2D eigenvalue weighted by atomic mass is 32.2. The van der Waals surface area contributed by atoms with E-state index in [2.05, 4.69) is 71.0 Å². The number of nitrogens with zero attached hydrogens (tertiary/aromatic N) is 6. The van der Waals surface area contributed by atoms with Crippen LogP contribution in [0.5, 0.6) is 0 Å². The third-order valence-corrected chi connectivity index (χ3v) is 14.2. The second-order valence-corrected chi connectivity index (χ2v) is 21.0. The first-order valence-corrected chi connectivity index (χ1v) is 28.5. The molecule has 0 fully saturated rings. The van der Waals surface area contributed by atoms with E-state index < -0.39 is 84.2 Å². The van der Waals surface area contributed by atoms with Crippen LogP contribution < -0.4 is 32.4 Å². The smallest absolute Gasteiger partial charge is 0.270 e. The first-order valence-electron chi connectivity index (χ1n) is 25.7. The Balaban J connectivity index is 0.000000633. The van der Waals surface area contributed by atoms with Gasteiger partial charge in [0.2, 0.25) is 10.9 Å². The van der Waals surface area contributed by atoms with Crippen molar-refractivity contribution >= 4 is 43.0 Å². The Kier molecular flexibility index (Phi) is 30.4. The van der Waals surface area contributed by atoms with Gasteiger partial charge in [0.25, 0.3) is 11.4 Å². The van der Waals surface area contributed by atoms with Gasteiger partial charge in [-0.25, -0.2) is 16.8 Å². The van der Waals surface area contributed by atoms with E-state index in [0.29, 0.717) is 12.1 Å². The van der Waals surface area contributed by atoms with E-state index in [1.54, 1.807) is 0 Å². The minimum absolute atomic E-state index is 0.442. The zero-order chi connectivity index (χ0) is 54.4. The first kappa shape index (κ1) is 65.0. The number of non-ortho nitro benzene ring substituents is 2. The predicted molar refractivity (Wildman–Crippen MR) is 281 cm³/mol. The zero-order valence-electron chi connectivity index (χ0n) is 44.0. The molecule has 2 N–H and O–H groups in total. The Morgan fingerprint density at radius 1 is 0.472 bits per heavy atom. The maximum atomic E-state index is 12.7. The molecule has 0 aliphatic heterocycles. The number of quaternary nitrogens is 2. The van der Waals surface area contributed by atoms with E-state index in [0.717, 1.165) is 36.4 Å². The summed E-state index contributed by atoms with van der Waals surface area (Å²) < 4.78 is 71.8. The number of rotatable bonds is 32. The Morgan fingerprint density at radius 3 is 1.03 bits per heavy atom. The minimum atomic E-state index is -5.26. The summed E-state index contributed by atoms with van der Waals surface area (Å²) in [6.45, 7) is 30.0. The van der Waals surface area contributed by atoms with Crippen molar-refractivity contribution in [2.75, 3.05) is 63.2 Å². The molecule has 0 bridgehead atoms. The lowest BCUT2D eigenvalue weighted by Crippen LogP contribution is -2.50. The van der Waals surface area contributed by atoms with Crippen LogP contribution in [0.4, 0.5) is 22.7 Å². The number of hydrogen-bond acceptors (Lipinski definition) is 16. The molecule has 0 aliphatic carbocycles. The van der Waals surface area contributed by atoms with Gasteiger partial charge in [-0.05, 0) is 75.6 Å². The second kappa shape index (κ2) is 33.7. The summed E-state index contributed by atoms with van der Waals surface area (Å²) >= 11 is 0. The Hall–Kier alpha value is -5.00. The minimum Gasteiger partial charge on any atom is -0.744 e. The van der Waals surface area contributed by atoms with E-state index >= 15 is 0 Å². The van der Waals surface area contributed by atoms with Crippen LogP contribution in [-0.4, -0.2) is 97.1 Å². The molecule has 0 radical (unpaired) electrons. The Labute approximate surface area is 427 Å². The molecule has 0 spiro atoms. The lowest BCUT2D eigenvalue weighted by molar-refractivity contribution is -0.929. The topological polar surface area (TPSA) is 284 Å². The molecule has 72 heavy (non-hydrogen) atoms. The largest absolute Gasteiger partial charge is 0.744 e. The van der Waals surface area contributed by atoms with Crippen LogP contribution >= 0.6 is 0 Å². The Morgan fingerprint density at radius 2 is 0.764 bits per heavy atom. The highest BCUT2D eigenvalue weighted by Crippen LogP contribution is 2.27. The van der Waals surface area contributed by atoms with Crippen LogP contribution in [0.2, 0.25) is 0 Å². The van der Waals surface area contributed by atoms with Crippen molar-refractivity contribution in [1.82, 2.24) is 0 Å². The number of unbranched alkanes of at least 4 members (excludes halogenated alkanes) is 8. The third kappa shape index (κ3) is 22.8. The van der Waals surface area contributed by atoms with Crippen molar-refractivity contribution < 1.29 is 44.8 Å². The maximum Gasteiger partial charge on any atom is 0.270 e. The lowest BCUT2D eigenvalue weighted by Gasteiger charge is -2.39. The molecule has 20 nitrogen and oxygen atoms in total. The summed E-state index contributed by atoms with van der Waals surface area (Å²) in [7, 11) is -10.5. The summed E-state index contributed by atoms with van der Waals surface area (Å²) in [5, 5.41) is 27.3. The molecule has 3 aromatic rings. The number of nitrogens with one attached hydrogen (secondary N) is 2. The fourth-order valence-electron chi connectivity index (χ4n) is 8.11. The van der Waals surface area contributed by atoms with Crippen molar-refractivity contribution in [3.05, 3.63) is 99.9 Å². The van der Waals surface area contributed by atoms with Crippen molar-refractivity contribution in [2.45, 2.75) is 168 Å². The molecule has 0 unspecified atom stereocenters. The van der Waals surface area contributed by atoms with Gasteiger partial charge in [-0.15, -0.1) is 0 Å². The van der Waals surface area contributed by atoms with Gasteiger partial charge in [-0.1, -0.05) is 107 Å². The first-order chi connectivity index (χ1) is 34.1. The van der Waals surface area contributed by atoms with Gasteiger partial charge in [0, 0.05) is 24.3 Å². The monoisotopic (exact) mass is 1050 g/mol. The van der Waals surface area contributed by atoms with Crippen LogP contribution in [-0.2, 0) is 20.2 Å².